The lowest BCUT2D eigenvalue weighted by Gasteiger charge is -2.46. The zero-order valence-corrected chi connectivity index (χ0v) is 12.7. The highest BCUT2D eigenvalue weighted by Crippen LogP contribution is 2.32. The number of carboxylic acid groups (broad SMARTS) is 1. The Morgan fingerprint density at radius 3 is 2.90 bits per heavy atom. The van der Waals surface area contributed by atoms with E-state index >= 15 is 0 Å². The number of hydrogen-bond donors (Lipinski definition) is 1. The predicted molar refractivity (Wildman–Crippen MR) is 81.9 cm³/mol. The van der Waals surface area contributed by atoms with Crippen LogP contribution in [-0.4, -0.2) is 53.7 Å². The van der Waals surface area contributed by atoms with Gasteiger partial charge in [0.05, 0.1) is 5.56 Å². The second-order valence-electron chi connectivity index (χ2n) is 6.35. The van der Waals surface area contributed by atoms with Crippen molar-refractivity contribution < 1.29 is 9.90 Å². The first-order chi connectivity index (χ1) is 10.1. The maximum Gasteiger partial charge on any atom is 0.337 e. The van der Waals surface area contributed by atoms with Crippen LogP contribution in [0.2, 0.25) is 0 Å². The third-order valence-corrected chi connectivity index (χ3v) is 4.94. The Morgan fingerprint density at radius 2 is 2.19 bits per heavy atom. The van der Waals surface area contributed by atoms with E-state index in [0.29, 0.717) is 12.0 Å². The molecule has 5 nitrogen and oxygen atoms in total. The number of hydrogen-bond acceptors (Lipinski definition) is 4. The van der Waals surface area contributed by atoms with Crippen molar-refractivity contribution in [1.29, 1.82) is 0 Å². The number of aryl methyl sites for hydroxylation is 1. The van der Waals surface area contributed by atoms with Crippen molar-refractivity contribution in [3.8, 4) is 0 Å². The van der Waals surface area contributed by atoms with E-state index in [9.17, 15) is 4.79 Å². The van der Waals surface area contributed by atoms with Gasteiger partial charge in [0.25, 0.3) is 0 Å². The first kappa shape index (κ1) is 14.3. The van der Waals surface area contributed by atoms with Gasteiger partial charge < -0.3 is 14.9 Å². The molecule has 0 aromatic carbocycles. The highest BCUT2D eigenvalue weighted by molar-refractivity contribution is 5.87. The molecule has 3 heterocycles. The highest BCUT2D eigenvalue weighted by Gasteiger charge is 2.34. The Bertz CT molecular complexity index is 546. The lowest BCUT2D eigenvalue weighted by atomic mass is 9.84. The molecule has 2 atom stereocenters. The number of aromatic nitrogens is 1. The van der Waals surface area contributed by atoms with E-state index in [4.69, 9.17) is 5.11 Å². The number of carboxylic acids is 1. The molecule has 2 aliphatic heterocycles. The van der Waals surface area contributed by atoms with E-state index in [1.165, 1.54) is 32.0 Å². The fourth-order valence-electron chi connectivity index (χ4n) is 3.86. The predicted octanol–water partition coefficient (Wildman–Crippen LogP) is 2.01. The maximum absolute atomic E-state index is 11.0. The standard InChI is InChI=1S/C16H23N3O2/c1-11-8-13(16(20)21)9-17-15(11)19-7-5-14-12(10-19)4-3-6-18(14)2/h8-9,12,14H,3-7,10H2,1-2H3,(H,20,21). The molecule has 0 spiro atoms. The van der Waals surface area contributed by atoms with Crippen LogP contribution in [0.4, 0.5) is 5.82 Å². The van der Waals surface area contributed by atoms with Gasteiger partial charge in [-0.3, -0.25) is 0 Å². The Balaban J connectivity index is 1.78. The summed E-state index contributed by atoms with van der Waals surface area (Å²) >= 11 is 0. The highest BCUT2D eigenvalue weighted by atomic mass is 16.4. The minimum absolute atomic E-state index is 0.267. The molecule has 1 aromatic heterocycles. The Labute approximate surface area is 125 Å². The van der Waals surface area contributed by atoms with E-state index in [2.05, 4.69) is 21.8 Å². The second-order valence-corrected chi connectivity index (χ2v) is 6.35. The molecule has 2 aliphatic rings. The third-order valence-electron chi connectivity index (χ3n) is 4.94. The summed E-state index contributed by atoms with van der Waals surface area (Å²) in [5.41, 5.74) is 1.22. The molecule has 5 heteroatoms. The number of nitrogens with zero attached hydrogens (tertiary/aromatic N) is 3. The van der Waals surface area contributed by atoms with Crippen molar-refractivity contribution in [2.24, 2.45) is 5.92 Å². The molecular weight excluding hydrogens is 266 g/mol. The van der Waals surface area contributed by atoms with Crippen LogP contribution in [0.3, 0.4) is 0 Å². The molecule has 1 N–H and O–H groups in total. The zero-order chi connectivity index (χ0) is 15.0. The molecule has 0 bridgehead atoms. The van der Waals surface area contributed by atoms with Crippen molar-refractivity contribution in [2.45, 2.75) is 32.2 Å². The smallest absolute Gasteiger partial charge is 0.337 e. The summed E-state index contributed by atoms with van der Waals surface area (Å²) in [6.07, 6.45) is 5.21. The van der Waals surface area contributed by atoms with E-state index < -0.39 is 5.97 Å². The number of anilines is 1. The molecule has 0 amide bonds. The van der Waals surface area contributed by atoms with Crippen molar-refractivity contribution in [3.63, 3.8) is 0 Å². The van der Waals surface area contributed by atoms with Crippen LogP contribution < -0.4 is 4.90 Å². The van der Waals surface area contributed by atoms with Gasteiger partial charge in [0.1, 0.15) is 5.82 Å². The quantitative estimate of drug-likeness (QED) is 0.902. The molecule has 2 fully saturated rings. The first-order valence-corrected chi connectivity index (χ1v) is 7.71. The largest absolute Gasteiger partial charge is 0.478 e. The average Bonchev–Trinajstić information content (AvgIpc) is 2.47. The average molecular weight is 289 g/mol. The van der Waals surface area contributed by atoms with E-state index in [0.717, 1.165) is 24.5 Å². The number of pyridine rings is 1. The number of fused-ring (bicyclic) bond motifs is 1. The number of likely N-dealkylation sites (tertiary alicyclic amines) is 1. The van der Waals surface area contributed by atoms with Gasteiger partial charge in [-0.2, -0.15) is 0 Å². The van der Waals surface area contributed by atoms with Crippen LogP contribution >= 0.6 is 0 Å². The van der Waals surface area contributed by atoms with Gasteiger partial charge >= 0.3 is 5.97 Å². The molecule has 114 valence electrons. The molecule has 3 rings (SSSR count). The Morgan fingerprint density at radius 1 is 1.38 bits per heavy atom. The van der Waals surface area contributed by atoms with Gasteiger partial charge in [0, 0.05) is 25.3 Å². The molecule has 21 heavy (non-hydrogen) atoms. The van der Waals surface area contributed by atoms with Crippen molar-refractivity contribution in [3.05, 3.63) is 23.4 Å². The lowest BCUT2D eigenvalue weighted by molar-refractivity contribution is 0.0696. The van der Waals surface area contributed by atoms with Gasteiger partial charge in [-0.25, -0.2) is 9.78 Å². The van der Waals surface area contributed by atoms with Gasteiger partial charge in [0.2, 0.25) is 0 Å². The SMILES string of the molecule is Cc1cc(C(=O)O)cnc1N1CCC2C(CCCN2C)C1. The zero-order valence-electron chi connectivity index (χ0n) is 12.7. The van der Waals surface area contributed by atoms with Crippen LogP contribution in [0.15, 0.2) is 12.3 Å². The van der Waals surface area contributed by atoms with E-state index in [1.54, 1.807) is 6.07 Å². The number of aromatic carboxylic acids is 1. The fourth-order valence-corrected chi connectivity index (χ4v) is 3.86. The molecular formula is C16H23N3O2. The summed E-state index contributed by atoms with van der Waals surface area (Å²) in [5.74, 6) is 0.745. The third kappa shape index (κ3) is 2.75. The molecule has 1 aromatic rings. The van der Waals surface area contributed by atoms with Gasteiger partial charge in [-0.15, -0.1) is 0 Å². The minimum Gasteiger partial charge on any atom is -0.478 e. The lowest BCUT2D eigenvalue weighted by Crippen LogP contribution is -2.53. The molecule has 0 radical (unpaired) electrons. The van der Waals surface area contributed by atoms with Crippen molar-refractivity contribution >= 4 is 11.8 Å². The molecule has 2 saturated heterocycles. The number of carbonyl (C=O) groups is 1. The Kier molecular flexibility index (Phi) is 3.85. The topological polar surface area (TPSA) is 56.7 Å². The molecule has 0 aliphatic carbocycles. The number of rotatable bonds is 2. The normalized spacial score (nSPS) is 26.5. The fraction of sp³-hybridized carbons (Fsp3) is 0.625. The van der Waals surface area contributed by atoms with Crippen LogP contribution in [0.25, 0.3) is 0 Å². The Hall–Kier alpha value is -1.62. The summed E-state index contributed by atoms with van der Waals surface area (Å²) in [4.78, 5) is 20.3. The van der Waals surface area contributed by atoms with Gasteiger partial charge in [-0.05, 0) is 57.3 Å². The summed E-state index contributed by atoms with van der Waals surface area (Å²) in [7, 11) is 2.23. The van der Waals surface area contributed by atoms with Crippen molar-refractivity contribution in [2.75, 3.05) is 31.6 Å². The second kappa shape index (κ2) is 5.64. The van der Waals surface area contributed by atoms with Crippen LogP contribution in [0.5, 0.6) is 0 Å². The summed E-state index contributed by atoms with van der Waals surface area (Å²) in [6.45, 7) is 5.21. The summed E-state index contributed by atoms with van der Waals surface area (Å²) < 4.78 is 0. The first-order valence-electron chi connectivity index (χ1n) is 7.71. The molecule has 0 saturated carbocycles. The van der Waals surface area contributed by atoms with Crippen LogP contribution in [0, 0.1) is 12.8 Å². The summed E-state index contributed by atoms with van der Waals surface area (Å²) in [5, 5.41) is 9.03. The minimum atomic E-state index is -0.912. The van der Waals surface area contributed by atoms with Crippen molar-refractivity contribution in [1.82, 2.24) is 9.88 Å². The van der Waals surface area contributed by atoms with E-state index in [-0.39, 0.29) is 5.56 Å². The molecule has 2 unspecified atom stereocenters. The maximum atomic E-state index is 11.0. The van der Waals surface area contributed by atoms with E-state index in [1.807, 2.05) is 6.92 Å². The summed E-state index contributed by atoms with van der Waals surface area (Å²) in [6, 6.07) is 2.43. The van der Waals surface area contributed by atoms with Crippen LogP contribution in [-0.2, 0) is 0 Å². The monoisotopic (exact) mass is 289 g/mol. The van der Waals surface area contributed by atoms with Gasteiger partial charge in [-0.1, -0.05) is 0 Å². The van der Waals surface area contributed by atoms with Gasteiger partial charge in [0.15, 0.2) is 0 Å². The number of piperidine rings is 2. The van der Waals surface area contributed by atoms with Crippen LogP contribution in [0.1, 0.15) is 35.2 Å².